The van der Waals surface area contributed by atoms with Crippen LogP contribution in [0.15, 0.2) is 73.2 Å². The number of nitrogens with zero attached hydrogens (tertiary/aromatic N) is 4. The molecule has 1 aromatic heterocycles. The molecule has 3 aliphatic rings. The number of primary amides is 3. The maximum atomic E-state index is 15.3. The molecule has 3 aliphatic heterocycles. The number of hydrogen-bond acceptors (Lipinski definition) is 26. The van der Waals surface area contributed by atoms with E-state index in [0.717, 1.165) is 14.7 Å². The molecule has 0 spiro atoms. The molecule has 2 aromatic carbocycles. The van der Waals surface area contributed by atoms with E-state index >= 15 is 14.4 Å². The maximum absolute atomic E-state index is 15.3. The molecule has 0 radical (unpaired) electrons. The van der Waals surface area contributed by atoms with Crippen LogP contribution in [0.25, 0.3) is 0 Å². The minimum atomic E-state index is -1.88. The Morgan fingerprint density at radius 1 is 0.436 bits per heavy atom. The van der Waals surface area contributed by atoms with E-state index in [-0.39, 0.29) is 141 Å². The minimum Gasteiger partial charge on any atom is -0.480 e. The van der Waals surface area contributed by atoms with E-state index in [1.54, 1.807) is 88.4 Å². The first-order chi connectivity index (χ1) is 66.2. The van der Waals surface area contributed by atoms with Crippen molar-refractivity contribution in [1.29, 1.82) is 5.41 Å². The van der Waals surface area contributed by atoms with Gasteiger partial charge in [0.2, 0.25) is 112 Å². The molecule has 0 bridgehead atoms. The number of imidazole rings is 1. The maximum Gasteiger partial charge on any atom is 0.326 e. The Hall–Kier alpha value is -13.8. The number of aliphatic hydroxyl groups is 2. The van der Waals surface area contributed by atoms with Crippen molar-refractivity contribution in [2.45, 2.75) is 299 Å². The predicted molar refractivity (Wildman–Crippen MR) is 504 cm³/mol. The number of carboxylic acids is 1. The van der Waals surface area contributed by atoms with Gasteiger partial charge in [0.15, 0.2) is 5.96 Å². The SMILES string of the molecule is CCC(C)[C@H](NC(=O)[C@H](CC(N)=O)NC(=O)[C@H](CCCCN)NC(=O)[C@H](Cc1ccccc1)NC(=O)[C@H](Cc1ccccc1)NC(=O)[C@H](Cc1c[nH]cn1)NC(=O)[C@@H](NC(=O)[C@H](C)NC(=O)[C@@H]1CCCN1C(=O)[C@H](CC(N)=O)NC(=O)[C@@H](N)CCC(N)=O)C(C)C)C(=O)N[C@H](C(=O)N[C@H](C(=O)N1CCC[C@H]1C(=O)N[C@@H](CCCNC(=N)N)C(=O)N[C@H](C(=O)N1CCC[C@H]1C(=O)O)C(C)O)C(C)O)C(C)C. The largest absolute Gasteiger partial charge is 0.480 e. The van der Waals surface area contributed by atoms with Crippen molar-refractivity contribution in [3.63, 3.8) is 0 Å². The molecule has 4 heterocycles. The van der Waals surface area contributed by atoms with Gasteiger partial charge in [-0.05, 0) is 133 Å². The number of carbonyl (C=O) groups is 20. The first-order valence-electron chi connectivity index (χ1n) is 47.1. The second-order valence-electron chi connectivity index (χ2n) is 36.2. The van der Waals surface area contributed by atoms with Crippen LogP contribution in [0.4, 0.5) is 0 Å². The number of nitrogens with one attached hydrogen (secondary N) is 16. The van der Waals surface area contributed by atoms with Crippen LogP contribution in [0.2, 0.25) is 0 Å². The summed E-state index contributed by atoms with van der Waals surface area (Å²) < 4.78 is 0. The number of aliphatic carboxylic acids is 1. The van der Waals surface area contributed by atoms with E-state index in [1.807, 2.05) is 0 Å². The molecule has 49 nitrogen and oxygen atoms in total. The first kappa shape index (κ1) is 115. The smallest absolute Gasteiger partial charge is 0.326 e. The zero-order valence-electron chi connectivity index (χ0n) is 80.4. The molecule has 6 rings (SSSR count). The number of carbonyl (C=O) groups excluding carboxylic acids is 19. The Balaban J connectivity index is 1.19. The Morgan fingerprint density at radius 2 is 0.829 bits per heavy atom. The summed E-state index contributed by atoms with van der Waals surface area (Å²) in [7, 11) is 0. The molecule has 3 unspecified atom stereocenters. The van der Waals surface area contributed by atoms with Crippen molar-refractivity contribution in [1.82, 2.24) is 99.1 Å². The monoisotopic (exact) mass is 1970 g/mol. The fourth-order valence-corrected chi connectivity index (χ4v) is 16.3. The molecular formula is C91H140N26O23. The van der Waals surface area contributed by atoms with Crippen LogP contribution < -0.4 is 109 Å². The highest BCUT2D eigenvalue weighted by Gasteiger charge is 2.47. The number of benzene rings is 2. The lowest BCUT2D eigenvalue weighted by atomic mass is 9.95. The van der Waals surface area contributed by atoms with Crippen molar-refractivity contribution in [2.75, 3.05) is 32.7 Å². The van der Waals surface area contributed by atoms with Crippen LogP contribution in [0, 0.1) is 23.2 Å². The van der Waals surface area contributed by atoms with E-state index in [2.05, 4.69) is 84.4 Å². The van der Waals surface area contributed by atoms with Gasteiger partial charge in [-0.15, -0.1) is 0 Å². The van der Waals surface area contributed by atoms with Gasteiger partial charge in [0.05, 0.1) is 43.1 Å². The normalized spacial score (nSPS) is 18.2. The molecule has 3 saturated heterocycles. The summed E-state index contributed by atoms with van der Waals surface area (Å²) in [5.41, 5.74) is 34.9. The minimum absolute atomic E-state index is 0.0107. The highest BCUT2D eigenvalue weighted by atomic mass is 16.4. The summed E-state index contributed by atoms with van der Waals surface area (Å²) in [5, 5.41) is 75.7. The Kier molecular flexibility index (Phi) is 46.2. The second kappa shape index (κ2) is 56.3. The van der Waals surface area contributed by atoms with Gasteiger partial charge in [0.25, 0.3) is 0 Å². The Morgan fingerprint density at radius 3 is 1.30 bits per heavy atom. The van der Waals surface area contributed by atoms with Crippen molar-refractivity contribution in [2.24, 2.45) is 52.2 Å². The third kappa shape index (κ3) is 35.6. The summed E-state index contributed by atoms with van der Waals surface area (Å²) in [6.07, 6.45) is -1.90. The van der Waals surface area contributed by atoms with Crippen molar-refractivity contribution in [3.05, 3.63) is 90.0 Å². The number of hydrogen-bond donors (Lipinski definition) is 25. The average molecular weight is 1970 g/mol. The number of H-pyrrole nitrogens is 1. The van der Waals surface area contributed by atoms with Gasteiger partial charge in [0, 0.05) is 58.1 Å². The summed E-state index contributed by atoms with van der Waals surface area (Å²) in [5.74, 6) is -22.1. The molecule has 3 fully saturated rings. The van der Waals surface area contributed by atoms with E-state index in [9.17, 15) is 96.8 Å². The van der Waals surface area contributed by atoms with Crippen LogP contribution in [0.1, 0.15) is 182 Å². The lowest BCUT2D eigenvalue weighted by Gasteiger charge is -2.33. The van der Waals surface area contributed by atoms with Gasteiger partial charge < -0.3 is 144 Å². The lowest BCUT2D eigenvalue weighted by molar-refractivity contribution is -0.151. The van der Waals surface area contributed by atoms with Crippen LogP contribution in [0.5, 0.6) is 0 Å². The summed E-state index contributed by atoms with van der Waals surface area (Å²) in [6.45, 7) is 13.2. The number of rotatable bonds is 57. The van der Waals surface area contributed by atoms with Gasteiger partial charge in [-0.2, -0.15) is 0 Å². The fourth-order valence-electron chi connectivity index (χ4n) is 16.3. The molecule has 49 heteroatoms. The van der Waals surface area contributed by atoms with Gasteiger partial charge in [-0.3, -0.25) is 96.5 Å². The number of carboxylic acid groups (broad SMARTS) is 1. The van der Waals surface area contributed by atoms with E-state index in [4.69, 9.17) is 39.8 Å². The predicted octanol–water partition coefficient (Wildman–Crippen LogP) is -7.33. The van der Waals surface area contributed by atoms with Crippen LogP contribution >= 0.6 is 0 Å². The van der Waals surface area contributed by atoms with Crippen LogP contribution in [0.3, 0.4) is 0 Å². The van der Waals surface area contributed by atoms with Crippen LogP contribution in [-0.2, 0) is 115 Å². The quantitative estimate of drug-likeness (QED) is 0.0142. The molecule has 3 aromatic rings. The molecule has 31 N–H and O–H groups in total. The second-order valence-corrected chi connectivity index (χ2v) is 36.2. The molecular weight excluding hydrogens is 1830 g/mol. The van der Waals surface area contributed by atoms with E-state index in [1.165, 1.54) is 47.1 Å². The van der Waals surface area contributed by atoms with E-state index < -0.39 is 270 Å². The lowest BCUT2D eigenvalue weighted by Crippen LogP contribution is -2.63. The van der Waals surface area contributed by atoms with Crippen molar-refractivity contribution < 1.29 is 111 Å². The number of guanidine groups is 1. The summed E-state index contributed by atoms with van der Waals surface area (Å²) >= 11 is 0. The highest BCUT2D eigenvalue weighted by molar-refractivity contribution is 6.03. The zero-order chi connectivity index (χ0) is 104. The number of aromatic nitrogens is 2. The van der Waals surface area contributed by atoms with Gasteiger partial charge in [-0.25, -0.2) is 9.78 Å². The number of nitrogens with two attached hydrogens (primary N) is 6. The third-order valence-electron chi connectivity index (χ3n) is 24.4. The van der Waals surface area contributed by atoms with E-state index in [0.29, 0.717) is 17.5 Å². The fraction of sp³-hybridized carbons (Fsp3) is 0.604. The summed E-state index contributed by atoms with van der Waals surface area (Å²) in [4.78, 5) is 290. The zero-order valence-corrected chi connectivity index (χ0v) is 80.4. The van der Waals surface area contributed by atoms with Gasteiger partial charge in [-0.1, -0.05) is 109 Å². The standard InChI is InChI=1S/C91H140N26O23/c1-10-48(6)71(86(135)111-70(47(4)5)85(134)114-73(51(9)119)88(137)116-37-21-30-64(116)83(132)104-57(28-19-35-100-91(97)98)77(126)113-72(50(8)118)89(138)117-38-22-31-65(117)90(139)140)112-81(130)61(42-67(95)121)107-76(125)56(27-17-18-34-92)103-78(127)58(39-52-23-13-11-14-24-52)105-79(128)59(40-53-25-15-12-16-26-53)106-80(129)60(41-54-44-99-45-101-54)108-84(133)69(46(2)3)110-74(123)49(7)102-82(131)63-29-20-36-115(63)87(136)62(43-68(96)122)109-75(124)55(93)32-33-66(94)120/h11-16,23-26,44-51,55-65,69-73,118-119H,10,17-22,27-43,92-93H2,1-9H3,(H2,94,120)(H2,95,121)(H2,96,122)(H,99,101)(H,102,131)(H,103,127)(H,104,132)(H,105,128)(H,106,129)(H,107,125)(H,108,133)(H,109,124)(H,110,123)(H,111,135)(H,112,130)(H,113,126)(H,114,134)(H,139,140)(H4,97,98,100)/t48?,49-,50?,51?,55-,56-,57-,58-,59-,60-,61-,62-,63-,64-,65-,69-,70-,71-,72-,73-/m0/s1. The van der Waals surface area contributed by atoms with Gasteiger partial charge in [0.1, 0.15) is 96.7 Å². The van der Waals surface area contributed by atoms with Crippen LogP contribution in [-0.4, -0.2) is 312 Å². The molecule has 19 amide bonds. The van der Waals surface area contributed by atoms with Crippen molar-refractivity contribution in [3.8, 4) is 0 Å². The third-order valence-corrected chi connectivity index (χ3v) is 24.4. The molecule has 0 aliphatic carbocycles. The van der Waals surface area contributed by atoms with Gasteiger partial charge >= 0.3 is 5.97 Å². The first-order valence-corrected chi connectivity index (χ1v) is 47.1. The Labute approximate surface area is 810 Å². The molecule has 772 valence electrons. The highest BCUT2D eigenvalue weighted by Crippen LogP contribution is 2.25. The molecule has 0 saturated carbocycles. The topological polar surface area (TPSA) is 789 Å². The Bertz CT molecular complexity index is 4800. The molecule has 140 heavy (non-hydrogen) atoms. The number of unbranched alkanes of at least 4 members (excludes halogenated alkanes) is 1. The average Bonchev–Trinajstić information content (AvgIpc) is 1.66. The number of aliphatic hydroxyl groups excluding tert-OH is 2. The van der Waals surface area contributed by atoms with Crippen molar-refractivity contribution >= 4 is 124 Å². The number of amides is 19. The molecule has 20 atom stereocenters. The number of likely N-dealkylation sites (tertiary alicyclic amines) is 3. The number of aromatic amines is 1. The summed E-state index contributed by atoms with van der Waals surface area (Å²) in [6, 6.07) is -9.09.